The van der Waals surface area contributed by atoms with Gasteiger partial charge < -0.3 is 21.9 Å². The van der Waals surface area contributed by atoms with Gasteiger partial charge in [-0.25, -0.2) is 4.79 Å². The number of nitro groups is 1. The summed E-state index contributed by atoms with van der Waals surface area (Å²) in [7, 11) is 0. The number of aromatic hydroxyl groups is 1. The molecule has 0 aliphatic heterocycles. The highest BCUT2D eigenvalue weighted by atomic mass is 16.6. The third-order valence-electron chi connectivity index (χ3n) is 1.43. The van der Waals surface area contributed by atoms with Gasteiger partial charge in [-0.05, 0) is 19.1 Å². The maximum atomic E-state index is 10.0. The van der Waals surface area contributed by atoms with E-state index in [0.717, 1.165) is 0 Å². The zero-order chi connectivity index (χ0) is 13.4. The van der Waals surface area contributed by atoms with Crippen LogP contribution in [0.2, 0.25) is 0 Å². The zero-order valence-electron chi connectivity index (χ0n) is 9.16. The Morgan fingerprint density at radius 2 is 1.94 bits per heavy atom. The second-order valence-corrected chi connectivity index (χ2v) is 3.07. The monoisotopic (exact) mass is 242 g/mol. The van der Waals surface area contributed by atoms with E-state index in [-0.39, 0.29) is 17.6 Å². The quantitative estimate of drug-likeness (QED) is 0.334. The lowest BCUT2D eigenvalue weighted by Gasteiger charge is -2.01. The van der Waals surface area contributed by atoms with Gasteiger partial charge in [-0.2, -0.15) is 0 Å². The first-order chi connectivity index (χ1) is 7.82. The molecule has 94 valence electrons. The number of nitrogens with two attached hydrogens (primary N) is 2. The minimum atomic E-state index is -0.588. The van der Waals surface area contributed by atoms with Crippen molar-refractivity contribution in [2.75, 3.05) is 0 Å². The summed E-state index contributed by atoms with van der Waals surface area (Å²) in [6.07, 6.45) is -0.350. The van der Waals surface area contributed by atoms with E-state index in [1.807, 2.05) is 0 Å². The third-order valence-corrected chi connectivity index (χ3v) is 1.43. The summed E-state index contributed by atoms with van der Waals surface area (Å²) in [4.78, 5) is 19.4. The molecular weight excluding hydrogens is 228 g/mol. The molecule has 0 aliphatic rings. The number of phenols is 1. The van der Waals surface area contributed by atoms with Crippen LogP contribution in [-0.2, 0) is 0 Å². The summed E-state index contributed by atoms with van der Waals surface area (Å²) >= 11 is 0. The Balaban J connectivity index is 0.000000325. The van der Waals surface area contributed by atoms with Crippen molar-refractivity contribution in [3.8, 4) is 5.75 Å². The average Bonchev–Trinajstić information content (AvgIpc) is 2.16. The molecule has 0 aliphatic carbocycles. The van der Waals surface area contributed by atoms with Crippen LogP contribution < -0.4 is 16.8 Å². The minimum absolute atomic E-state index is 0.0159. The van der Waals surface area contributed by atoms with Gasteiger partial charge in [-0.3, -0.25) is 10.1 Å². The first-order valence-electron chi connectivity index (χ1n) is 4.58. The predicted octanol–water partition coefficient (Wildman–Crippen LogP) is 0.260. The van der Waals surface area contributed by atoms with E-state index in [9.17, 15) is 14.9 Å². The van der Waals surface area contributed by atoms with Crippen molar-refractivity contribution in [3.05, 3.63) is 34.4 Å². The van der Waals surface area contributed by atoms with Gasteiger partial charge in [-0.1, -0.05) is 0 Å². The fourth-order valence-electron chi connectivity index (χ4n) is 0.799. The summed E-state index contributed by atoms with van der Waals surface area (Å²) in [6, 6.07) is 4.45. The van der Waals surface area contributed by atoms with E-state index < -0.39 is 11.0 Å². The zero-order valence-corrected chi connectivity index (χ0v) is 9.16. The van der Waals surface area contributed by atoms with Crippen LogP contribution in [0.4, 0.5) is 10.5 Å². The fourth-order valence-corrected chi connectivity index (χ4v) is 0.799. The van der Waals surface area contributed by atoms with Gasteiger partial charge in [0.25, 0.3) is 5.69 Å². The molecule has 0 saturated heterocycles. The standard InChI is InChI=1S/C6H5NO3.C3H9N3O/c8-6-3-1-5(2-4-6)7(9)10;1-2(4)6-3(5)7/h1-4,8H;2H,4H2,1H3,(H3,5,6,7). The van der Waals surface area contributed by atoms with Crippen LogP contribution in [0.3, 0.4) is 0 Å². The van der Waals surface area contributed by atoms with Crippen molar-refractivity contribution in [2.24, 2.45) is 11.5 Å². The van der Waals surface area contributed by atoms with Crippen LogP contribution in [0.5, 0.6) is 5.75 Å². The van der Waals surface area contributed by atoms with Crippen LogP contribution >= 0.6 is 0 Å². The fraction of sp³-hybridized carbons (Fsp3) is 0.222. The van der Waals surface area contributed by atoms with Crippen molar-refractivity contribution in [1.82, 2.24) is 5.32 Å². The number of carbonyl (C=O) groups is 1. The highest BCUT2D eigenvalue weighted by Crippen LogP contribution is 2.14. The molecule has 0 fully saturated rings. The number of rotatable bonds is 2. The number of phenolic OH excluding ortho intramolecular Hbond substituents is 1. The molecule has 0 bridgehead atoms. The van der Waals surface area contributed by atoms with Crippen molar-refractivity contribution in [1.29, 1.82) is 0 Å². The Hall–Kier alpha value is -2.35. The number of nitrogens with one attached hydrogen (secondary N) is 1. The molecule has 0 saturated carbocycles. The van der Waals surface area contributed by atoms with Gasteiger partial charge >= 0.3 is 6.03 Å². The number of amides is 2. The Morgan fingerprint density at radius 3 is 2.18 bits per heavy atom. The van der Waals surface area contributed by atoms with E-state index in [0.29, 0.717) is 0 Å². The van der Waals surface area contributed by atoms with Gasteiger partial charge in [0.2, 0.25) is 0 Å². The van der Waals surface area contributed by atoms with Gasteiger partial charge in [0.15, 0.2) is 0 Å². The number of nitro benzene ring substituents is 1. The molecule has 1 rings (SSSR count). The van der Waals surface area contributed by atoms with E-state index in [1.54, 1.807) is 6.92 Å². The van der Waals surface area contributed by atoms with Gasteiger partial charge in [-0.15, -0.1) is 0 Å². The molecule has 1 atom stereocenters. The molecule has 1 unspecified atom stereocenters. The second-order valence-electron chi connectivity index (χ2n) is 3.07. The number of non-ortho nitro benzene ring substituents is 1. The van der Waals surface area contributed by atoms with E-state index in [2.05, 4.69) is 11.1 Å². The number of carbonyl (C=O) groups excluding carboxylic acids is 1. The van der Waals surface area contributed by atoms with E-state index in [1.165, 1.54) is 24.3 Å². The molecule has 2 amide bonds. The molecule has 6 N–H and O–H groups in total. The Morgan fingerprint density at radius 1 is 1.47 bits per heavy atom. The molecular formula is C9H14N4O4. The topological polar surface area (TPSA) is 145 Å². The molecule has 1 aromatic rings. The first kappa shape index (κ1) is 14.6. The van der Waals surface area contributed by atoms with Crippen LogP contribution in [0.1, 0.15) is 6.92 Å². The highest BCUT2D eigenvalue weighted by molar-refractivity contribution is 5.71. The number of hydrogen-bond acceptors (Lipinski definition) is 5. The normalized spacial score (nSPS) is 10.7. The lowest BCUT2D eigenvalue weighted by Crippen LogP contribution is -2.41. The van der Waals surface area contributed by atoms with Crippen LogP contribution in [0.15, 0.2) is 24.3 Å². The average molecular weight is 242 g/mol. The van der Waals surface area contributed by atoms with Gasteiger partial charge in [0, 0.05) is 12.1 Å². The Bertz CT molecular complexity index is 377. The van der Waals surface area contributed by atoms with E-state index in [4.69, 9.17) is 10.8 Å². The summed E-state index contributed by atoms with van der Waals surface area (Å²) in [5.41, 5.74) is 9.73. The molecule has 1 aromatic carbocycles. The van der Waals surface area contributed by atoms with Gasteiger partial charge in [0.05, 0.1) is 11.1 Å². The van der Waals surface area contributed by atoms with Crippen molar-refractivity contribution < 1.29 is 14.8 Å². The van der Waals surface area contributed by atoms with Crippen molar-refractivity contribution in [3.63, 3.8) is 0 Å². The van der Waals surface area contributed by atoms with Crippen molar-refractivity contribution in [2.45, 2.75) is 13.1 Å². The summed E-state index contributed by atoms with van der Waals surface area (Å²) in [5.74, 6) is 0.0330. The lowest BCUT2D eigenvalue weighted by molar-refractivity contribution is -0.384. The summed E-state index contributed by atoms with van der Waals surface area (Å²) in [6.45, 7) is 1.63. The molecule has 0 aromatic heterocycles. The van der Waals surface area contributed by atoms with Crippen molar-refractivity contribution >= 4 is 11.7 Å². The second kappa shape index (κ2) is 7.01. The predicted molar refractivity (Wildman–Crippen MR) is 61.1 cm³/mol. The SMILES string of the molecule is CC(N)NC(N)=O.O=[N+]([O-])c1ccc(O)cc1. The molecule has 0 heterocycles. The maximum Gasteiger partial charge on any atom is 0.313 e. The number of benzene rings is 1. The van der Waals surface area contributed by atoms with Crippen LogP contribution in [-0.4, -0.2) is 22.2 Å². The molecule has 8 nitrogen and oxygen atoms in total. The first-order valence-corrected chi connectivity index (χ1v) is 4.58. The molecule has 0 spiro atoms. The van der Waals surface area contributed by atoms with Crippen LogP contribution in [0.25, 0.3) is 0 Å². The maximum absolute atomic E-state index is 10.0. The lowest BCUT2D eigenvalue weighted by atomic mass is 10.3. The summed E-state index contributed by atoms with van der Waals surface area (Å²) < 4.78 is 0. The van der Waals surface area contributed by atoms with Gasteiger partial charge in [0.1, 0.15) is 5.75 Å². The molecule has 17 heavy (non-hydrogen) atoms. The number of primary amides is 1. The Kier molecular flexibility index (Phi) is 6.04. The molecule has 0 radical (unpaired) electrons. The summed E-state index contributed by atoms with van der Waals surface area (Å²) in [5, 5.41) is 21.0. The third kappa shape index (κ3) is 7.56. The number of urea groups is 1. The highest BCUT2D eigenvalue weighted by Gasteiger charge is 2.01. The molecule has 8 heteroatoms. The smallest absolute Gasteiger partial charge is 0.313 e. The van der Waals surface area contributed by atoms with Crippen LogP contribution in [0, 0.1) is 10.1 Å². The minimum Gasteiger partial charge on any atom is -0.508 e. The van der Waals surface area contributed by atoms with E-state index >= 15 is 0 Å². The largest absolute Gasteiger partial charge is 0.508 e. The Labute approximate surface area is 97.4 Å². The number of nitrogens with zero attached hydrogens (tertiary/aromatic N) is 1. The number of hydrogen-bond donors (Lipinski definition) is 4.